The van der Waals surface area contributed by atoms with E-state index in [9.17, 15) is 9.59 Å². The first kappa shape index (κ1) is 12.2. The first-order chi connectivity index (χ1) is 7.04. The number of carbonyl (C=O) groups is 2. The van der Waals surface area contributed by atoms with Crippen LogP contribution in [0.4, 0.5) is 0 Å². The molecule has 0 saturated heterocycles. The minimum absolute atomic E-state index is 0.0398. The average molecular weight is 211 g/mol. The van der Waals surface area contributed by atoms with Crippen molar-refractivity contribution in [2.75, 3.05) is 0 Å². The lowest BCUT2D eigenvalue weighted by atomic mass is 9.96. The molecule has 2 atom stereocenters. The number of carbonyl (C=O) groups excluding carboxylic acids is 2. The van der Waals surface area contributed by atoms with Crippen LogP contribution in [0.1, 0.15) is 46.5 Å². The Kier molecular flexibility index (Phi) is 4.30. The Hall–Kier alpha value is -0.860. The van der Waals surface area contributed by atoms with Gasteiger partial charge in [0, 0.05) is 6.42 Å². The van der Waals surface area contributed by atoms with Crippen molar-refractivity contribution in [2.45, 2.75) is 52.5 Å². The molecule has 1 amide bonds. The van der Waals surface area contributed by atoms with Crippen molar-refractivity contribution in [1.82, 2.24) is 5.32 Å². The van der Waals surface area contributed by atoms with E-state index in [1.54, 1.807) is 6.92 Å². The summed E-state index contributed by atoms with van der Waals surface area (Å²) in [6.07, 6.45) is 3.84. The van der Waals surface area contributed by atoms with Gasteiger partial charge in [-0.2, -0.15) is 0 Å². The molecule has 3 nitrogen and oxygen atoms in total. The number of ketones is 1. The summed E-state index contributed by atoms with van der Waals surface area (Å²) in [6.45, 7) is 5.59. The molecular weight excluding hydrogens is 190 g/mol. The van der Waals surface area contributed by atoms with Crippen LogP contribution < -0.4 is 5.32 Å². The van der Waals surface area contributed by atoms with Gasteiger partial charge in [-0.25, -0.2) is 0 Å². The Labute approximate surface area is 91.6 Å². The first-order valence-corrected chi connectivity index (χ1v) is 5.84. The number of rotatable bonds is 6. The molecule has 1 aliphatic rings. The summed E-state index contributed by atoms with van der Waals surface area (Å²) in [5.74, 6) is 0.909. The molecule has 1 aliphatic carbocycles. The second-order valence-corrected chi connectivity index (χ2v) is 4.69. The van der Waals surface area contributed by atoms with Crippen molar-refractivity contribution in [1.29, 1.82) is 0 Å². The van der Waals surface area contributed by atoms with Gasteiger partial charge in [0.25, 0.3) is 0 Å². The van der Waals surface area contributed by atoms with Crippen LogP contribution in [-0.2, 0) is 9.59 Å². The topological polar surface area (TPSA) is 46.2 Å². The third kappa shape index (κ3) is 4.02. The molecule has 0 aromatic rings. The van der Waals surface area contributed by atoms with Gasteiger partial charge in [0.15, 0.2) is 5.78 Å². The van der Waals surface area contributed by atoms with Gasteiger partial charge in [0.1, 0.15) is 0 Å². The van der Waals surface area contributed by atoms with Crippen molar-refractivity contribution < 1.29 is 9.59 Å². The quantitative estimate of drug-likeness (QED) is 0.729. The zero-order valence-corrected chi connectivity index (χ0v) is 9.88. The molecule has 0 aliphatic heterocycles. The summed E-state index contributed by atoms with van der Waals surface area (Å²) in [7, 11) is 0. The van der Waals surface area contributed by atoms with E-state index in [1.165, 1.54) is 12.8 Å². The predicted octanol–water partition coefficient (Wildman–Crippen LogP) is 1.91. The fourth-order valence-corrected chi connectivity index (χ4v) is 1.70. The lowest BCUT2D eigenvalue weighted by Gasteiger charge is -2.21. The molecule has 0 bridgehead atoms. The molecule has 0 heterocycles. The van der Waals surface area contributed by atoms with Gasteiger partial charge in [-0.05, 0) is 31.6 Å². The van der Waals surface area contributed by atoms with Crippen molar-refractivity contribution in [2.24, 2.45) is 11.8 Å². The van der Waals surface area contributed by atoms with E-state index in [2.05, 4.69) is 5.32 Å². The molecule has 0 spiro atoms. The van der Waals surface area contributed by atoms with E-state index in [1.807, 2.05) is 13.8 Å². The van der Waals surface area contributed by atoms with Crippen LogP contribution in [0.5, 0.6) is 0 Å². The van der Waals surface area contributed by atoms with Gasteiger partial charge in [0.05, 0.1) is 6.04 Å². The van der Waals surface area contributed by atoms with Crippen LogP contribution in [-0.4, -0.2) is 17.7 Å². The van der Waals surface area contributed by atoms with Crippen molar-refractivity contribution >= 4 is 11.7 Å². The molecule has 15 heavy (non-hydrogen) atoms. The predicted molar refractivity (Wildman–Crippen MR) is 59.4 cm³/mol. The van der Waals surface area contributed by atoms with E-state index < -0.39 is 0 Å². The SMILES string of the molecule is CCC(C)C(NC(=O)CC1CC1)C(C)=O. The van der Waals surface area contributed by atoms with E-state index in [4.69, 9.17) is 0 Å². The van der Waals surface area contributed by atoms with Gasteiger partial charge in [-0.1, -0.05) is 20.3 Å². The van der Waals surface area contributed by atoms with E-state index in [0.717, 1.165) is 6.42 Å². The number of nitrogens with one attached hydrogen (secondary N) is 1. The minimum Gasteiger partial charge on any atom is -0.346 e. The maximum absolute atomic E-state index is 11.6. The van der Waals surface area contributed by atoms with Gasteiger partial charge in [-0.3, -0.25) is 9.59 Å². The Balaban J connectivity index is 2.41. The highest BCUT2D eigenvalue weighted by atomic mass is 16.2. The van der Waals surface area contributed by atoms with Gasteiger partial charge >= 0.3 is 0 Å². The maximum Gasteiger partial charge on any atom is 0.220 e. The summed E-state index contributed by atoms with van der Waals surface area (Å²) in [6, 6.07) is -0.291. The van der Waals surface area contributed by atoms with E-state index >= 15 is 0 Å². The Morgan fingerprint density at radius 1 is 1.40 bits per heavy atom. The van der Waals surface area contributed by atoms with Crippen molar-refractivity contribution in [3.8, 4) is 0 Å². The van der Waals surface area contributed by atoms with Crippen LogP contribution in [0.3, 0.4) is 0 Å². The normalized spacial score (nSPS) is 19.4. The van der Waals surface area contributed by atoms with Crippen LogP contribution in [0, 0.1) is 11.8 Å². The second kappa shape index (κ2) is 5.29. The van der Waals surface area contributed by atoms with Crippen LogP contribution >= 0.6 is 0 Å². The number of Topliss-reactive ketones (excluding diaryl/α,β-unsaturated/α-hetero) is 1. The highest BCUT2D eigenvalue weighted by Gasteiger charge is 2.27. The molecular formula is C12H21NO2. The Bertz CT molecular complexity index is 246. The average Bonchev–Trinajstić information content (AvgIpc) is 2.96. The van der Waals surface area contributed by atoms with Crippen molar-refractivity contribution in [3.63, 3.8) is 0 Å². The molecule has 0 radical (unpaired) electrons. The summed E-state index contributed by atoms with van der Waals surface area (Å²) in [5, 5.41) is 2.85. The number of hydrogen-bond acceptors (Lipinski definition) is 2. The summed E-state index contributed by atoms with van der Waals surface area (Å²) >= 11 is 0. The zero-order chi connectivity index (χ0) is 11.4. The maximum atomic E-state index is 11.6. The van der Waals surface area contributed by atoms with Gasteiger partial charge in [-0.15, -0.1) is 0 Å². The molecule has 1 N–H and O–H groups in total. The molecule has 1 fully saturated rings. The fraction of sp³-hybridized carbons (Fsp3) is 0.833. The number of hydrogen-bond donors (Lipinski definition) is 1. The summed E-state index contributed by atoms with van der Waals surface area (Å²) in [4.78, 5) is 22.9. The first-order valence-electron chi connectivity index (χ1n) is 5.84. The molecule has 0 aromatic carbocycles. The molecule has 1 saturated carbocycles. The largest absolute Gasteiger partial charge is 0.346 e. The van der Waals surface area contributed by atoms with Crippen molar-refractivity contribution in [3.05, 3.63) is 0 Å². The number of amides is 1. The fourth-order valence-electron chi connectivity index (χ4n) is 1.70. The zero-order valence-electron chi connectivity index (χ0n) is 9.88. The summed E-state index contributed by atoms with van der Waals surface area (Å²) < 4.78 is 0. The van der Waals surface area contributed by atoms with Crippen LogP contribution in [0.15, 0.2) is 0 Å². The van der Waals surface area contributed by atoms with Gasteiger partial charge in [0.2, 0.25) is 5.91 Å². The van der Waals surface area contributed by atoms with Crippen LogP contribution in [0.25, 0.3) is 0 Å². The minimum atomic E-state index is -0.291. The highest BCUT2D eigenvalue weighted by molar-refractivity contribution is 5.87. The highest BCUT2D eigenvalue weighted by Crippen LogP contribution is 2.32. The lowest BCUT2D eigenvalue weighted by Crippen LogP contribution is -2.44. The standard InChI is InChI=1S/C12H21NO2/c1-4-8(2)12(9(3)14)13-11(15)7-10-5-6-10/h8,10,12H,4-7H2,1-3H3,(H,13,15). The molecule has 3 heteroatoms. The molecule has 2 unspecified atom stereocenters. The summed E-state index contributed by atoms with van der Waals surface area (Å²) in [5.41, 5.74) is 0. The molecule has 86 valence electrons. The molecule has 1 rings (SSSR count). The smallest absolute Gasteiger partial charge is 0.220 e. The van der Waals surface area contributed by atoms with Gasteiger partial charge < -0.3 is 5.32 Å². The van der Waals surface area contributed by atoms with E-state index in [-0.39, 0.29) is 23.7 Å². The monoisotopic (exact) mass is 211 g/mol. The third-order valence-electron chi connectivity index (χ3n) is 3.14. The van der Waals surface area contributed by atoms with Crippen LogP contribution in [0.2, 0.25) is 0 Å². The second-order valence-electron chi connectivity index (χ2n) is 4.69. The Morgan fingerprint density at radius 2 is 2.00 bits per heavy atom. The van der Waals surface area contributed by atoms with E-state index in [0.29, 0.717) is 12.3 Å². The third-order valence-corrected chi connectivity index (χ3v) is 3.14. The Morgan fingerprint density at radius 3 is 2.40 bits per heavy atom. The molecule has 0 aromatic heterocycles. The lowest BCUT2D eigenvalue weighted by molar-refractivity contribution is -0.128.